The fourth-order valence-electron chi connectivity index (χ4n) is 6.68. The van der Waals surface area contributed by atoms with Crippen LogP contribution in [0.1, 0.15) is 65.2 Å². The van der Waals surface area contributed by atoms with Gasteiger partial charge in [0, 0.05) is 24.2 Å². The third-order valence-electron chi connectivity index (χ3n) is 8.15. The molecule has 0 spiro atoms. The summed E-state index contributed by atoms with van der Waals surface area (Å²) in [6.07, 6.45) is 6.73. The van der Waals surface area contributed by atoms with E-state index < -0.39 is 0 Å². The molecule has 6 unspecified atom stereocenters. The molecule has 0 aromatic carbocycles. The molecule has 0 aromatic heterocycles. The Morgan fingerprint density at radius 1 is 1.05 bits per heavy atom. The van der Waals surface area contributed by atoms with E-state index in [2.05, 4.69) is 13.8 Å². The van der Waals surface area contributed by atoms with Gasteiger partial charge in [-0.1, -0.05) is 13.8 Å². The lowest BCUT2D eigenvalue weighted by Crippen LogP contribution is -2.57. The zero-order valence-electron chi connectivity index (χ0n) is 13.8. The topological polar surface area (TPSA) is 54.4 Å². The van der Waals surface area contributed by atoms with Crippen molar-refractivity contribution in [3.8, 4) is 0 Å². The van der Waals surface area contributed by atoms with E-state index in [9.17, 15) is 14.7 Å². The molecule has 3 heteroatoms. The van der Waals surface area contributed by atoms with Gasteiger partial charge in [-0.15, -0.1) is 0 Å². The van der Waals surface area contributed by atoms with Crippen molar-refractivity contribution in [2.45, 2.75) is 71.3 Å². The predicted molar refractivity (Wildman–Crippen MR) is 83.1 cm³/mol. The molecule has 0 saturated heterocycles. The van der Waals surface area contributed by atoms with Crippen molar-refractivity contribution in [3.63, 3.8) is 0 Å². The van der Waals surface area contributed by atoms with Crippen LogP contribution in [0, 0.1) is 34.5 Å². The van der Waals surface area contributed by atoms with Crippen LogP contribution >= 0.6 is 0 Å². The Hall–Kier alpha value is -0.700. The van der Waals surface area contributed by atoms with Crippen LogP contribution in [-0.2, 0) is 9.59 Å². The van der Waals surface area contributed by atoms with Crippen molar-refractivity contribution >= 4 is 11.6 Å². The number of rotatable bonds is 0. The van der Waals surface area contributed by atoms with Crippen molar-refractivity contribution in [1.82, 2.24) is 0 Å². The van der Waals surface area contributed by atoms with Gasteiger partial charge in [0.1, 0.15) is 11.6 Å². The fraction of sp³-hybridized carbons (Fsp3) is 0.895. The number of aliphatic hydroxyl groups excluding tert-OH is 1. The van der Waals surface area contributed by atoms with E-state index in [0.717, 1.165) is 38.5 Å². The van der Waals surface area contributed by atoms with Gasteiger partial charge >= 0.3 is 0 Å². The number of ketones is 2. The molecule has 0 aromatic rings. The van der Waals surface area contributed by atoms with E-state index in [-0.39, 0.29) is 28.8 Å². The van der Waals surface area contributed by atoms with Crippen LogP contribution in [0.2, 0.25) is 0 Å². The van der Waals surface area contributed by atoms with E-state index in [4.69, 9.17) is 0 Å². The molecule has 1 N–H and O–H groups in total. The maximum Gasteiger partial charge on any atom is 0.139 e. The van der Waals surface area contributed by atoms with Crippen molar-refractivity contribution < 1.29 is 14.7 Å². The van der Waals surface area contributed by atoms with E-state index in [0.29, 0.717) is 36.2 Å². The van der Waals surface area contributed by atoms with Crippen LogP contribution in [0.15, 0.2) is 0 Å². The third kappa shape index (κ3) is 1.78. The molecule has 122 valence electrons. The minimum absolute atomic E-state index is 0.113. The Labute approximate surface area is 132 Å². The smallest absolute Gasteiger partial charge is 0.139 e. The zero-order valence-corrected chi connectivity index (χ0v) is 13.8. The molecule has 0 bridgehead atoms. The summed E-state index contributed by atoms with van der Waals surface area (Å²) in [5, 5.41) is 10.0. The van der Waals surface area contributed by atoms with E-state index >= 15 is 0 Å². The van der Waals surface area contributed by atoms with Crippen molar-refractivity contribution in [2.75, 3.05) is 0 Å². The minimum Gasteiger partial charge on any atom is -0.393 e. The number of hydrogen-bond donors (Lipinski definition) is 1. The highest BCUT2D eigenvalue weighted by atomic mass is 16.3. The Balaban J connectivity index is 1.70. The Bertz CT molecular complexity index is 527. The molecular weight excluding hydrogens is 276 g/mol. The van der Waals surface area contributed by atoms with Crippen LogP contribution < -0.4 is 0 Å². The molecule has 4 aliphatic rings. The number of fused-ring (bicyclic) bond motifs is 5. The number of hydrogen-bond acceptors (Lipinski definition) is 3. The molecule has 4 saturated carbocycles. The maximum atomic E-state index is 12.9. The SMILES string of the molecule is CC12CCC3C(C(=O)C[C@H]4CC(O)CCC34C)C1CCC2=O. The lowest BCUT2D eigenvalue weighted by molar-refractivity contribution is -0.160. The summed E-state index contributed by atoms with van der Waals surface area (Å²) in [6.45, 7) is 4.49. The third-order valence-corrected chi connectivity index (χ3v) is 8.15. The first-order valence-electron chi connectivity index (χ1n) is 9.10. The Morgan fingerprint density at radius 2 is 1.82 bits per heavy atom. The summed E-state index contributed by atoms with van der Waals surface area (Å²) >= 11 is 0. The average Bonchev–Trinajstić information content (AvgIpc) is 2.77. The standard InChI is InChI=1S/C19H28O3/c1-18-7-5-12(20)9-11(18)10-15(21)17-13-3-4-16(22)19(13,2)8-6-14(17)18/h11-14,17,20H,3-10H2,1-2H3/t11-,12?,13?,14?,17?,18?,19?/m1/s1. The molecule has 4 rings (SSSR count). The summed E-state index contributed by atoms with van der Waals surface area (Å²) in [6, 6.07) is 0. The summed E-state index contributed by atoms with van der Waals surface area (Å²) < 4.78 is 0. The predicted octanol–water partition coefficient (Wildman–Crippen LogP) is 3.14. The second-order valence-corrected chi connectivity index (χ2v) is 8.96. The number of carbonyl (C=O) groups is 2. The van der Waals surface area contributed by atoms with Gasteiger partial charge < -0.3 is 5.11 Å². The minimum atomic E-state index is -0.228. The Morgan fingerprint density at radius 3 is 2.59 bits per heavy atom. The molecule has 4 fully saturated rings. The second kappa shape index (κ2) is 4.66. The van der Waals surface area contributed by atoms with Gasteiger partial charge in [0.2, 0.25) is 0 Å². The molecule has 3 nitrogen and oxygen atoms in total. The van der Waals surface area contributed by atoms with E-state index in [1.165, 1.54) is 0 Å². The van der Waals surface area contributed by atoms with E-state index in [1.807, 2.05) is 0 Å². The first-order chi connectivity index (χ1) is 10.4. The zero-order chi connectivity index (χ0) is 15.7. The van der Waals surface area contributed by atoms with Crippen molar-refractivity contribution in [1.29, 1.82) is 0 Å². The maximum absolute atomic E-state index is 12.9. The van der Waals surface area contributed by atoms with Gasteiger partial charge in [0.15, 0.2) is 0 Å². The van der Waals surface area contributed by atoms with Gasteiger partial charge in [0.05, 0.1) is 6.10 Å². The summed E-state index contributed by atoms with van der Waals surface area (Å²) in [4.78, 5) is 25.3. The van der Waals surface area contributed by atoms with Crippen molar-refractivity contribution in [2.24, 2.45) is 34.5 Å². The average molecular weight is 304 g/mol. The van der Waals surface area contributed by atoms with Crippen LogP contribution in [0.25, 0.3) is 0 Å². The second-order valence-electron chi connectivity index (χ2n) is 8.96. The van der Waals surface area contributed by atoms with Crippen molar-refractivity contribution in [3.05, 3.63) is 0 Å². The first kappa shape index (κ1) is 14.9. The number of carbonyl (C=O) groups excluding carboxylic acids is 2. The fourth-order valence-corrected chi connectivity index (χ4v) is 6.68. The molecular formula is C19H28O3. The van der Waals surface area contributed by atoms with Crippen LogP contribution in [0.3, 0.4) is 0 Å². The molecule has 0 radical (unpaired) electrons. The van der Waals surface area contributed by atoms with Crippen LogP contribution in [-0.4, -0.2) is 22.8 Å². The summed E-state index contributed by atoms with van der Waals surface area (Å²) in [5.41, 5.74) is -0.0288. The van der Waals surface area contributed by atoms with E-state index in [1.54, 1.807) is 0 Å². The molecule has 0 aliphatic heterocycles. The molecule has 0 heterocycles. The lowest BCUT2D eigenvalue weighted by atomic mass is 9.45. The highest BCUT2D eigenvalue weighted by Crippen LogP contribution is 2.64. The number of aliphatic hydroxyl groups is 1. The quantitative estimate of drug-likeness (QED) is 0.748. The molecule has 4 aliphatic carbocycles. The largest absolute Gasteiger partial charge is 0.393 e. The highest BCUT2D eigenvalue weighted by molar-refractivity contribution is 5.90. The van der Waals surface area contributed by atoms with Gasteiger partial charge in [-0.2, -0.15) is 0 Å². The monoisotopic (exact) mass is 304 g/mol. The van der Waals surface area contributed by atoms with Gasteiger partial charge in [-0.25, -0.2) is 0 Å². The summed E-state index contributed by atoms with van der Waals surface area (Å²) in [7, 11) is 0. The molecule has 7 atom stereocenters. The van der Waals surface area contributed by atoms with Crippen LogP contribution in [0.5, 0.6) is 0 Å². The Kier molecular flexibility index (Phi) is 3.15. The van der Waals surface area contributed by atoms with Gasteiger partial charge in [0.25, 0.3) is 0 Å². The normalized spacial score (nSPS) is 54.6. The van der Waals surface area contributed by atoms with Gasteiger partial charge in [-0.05, 0) is 61.7 Å². The highest BCUT2D eigenvalue weighted by Gasteiger charge is 2.62. The molecule has 0 amide bonds. The first-order valence-corrected chi connectivity index (χ1v) is 9.10. The lowest BCUT2D eigenvalue weighted by Gasteiger charge is -2.59. The van der Waals surface area contributed by atoms with Crippen LogP contribution in [0.4, 0.5) is 0 Å². The van der Waals surface area contributed by atoms with Gasteiger partial charge in [-0.3, -0.25) is 9.59 Å². The molecule has 22 heavy (non-hydrogen) atoms. The number of Topliss-reactive ketones (excluding diaryl/α,β-unsaturated/α-hetero) is 2. The summed E-state index contributed by atoms with van der Waals surface area (Å²) in [5.74, 6) is 1.99.